The van der Waals surface area contributed by atoms with Crippen LogP contribution >= 0.6 is 0 Å². The Hall–Kier alpha value is -2.80. The Bertz CT molecular complexity index is 891. The number of rotatable bonds is 3. The number of amides is 2. The number of hydrogen-bond acceptors (Lipinski definition) is 4. The second-order valence-corrected chi connectivity index (χ2v) is 7.64. The van der Waals surface area contributed by atoms with Gasteiger partial charge in [-0.1, -0.05) is 12.1 Å². The van der Waals surface area contributed by atoms with E-state index in [-0.39, 0.29) is 29.6 Å². The molecule has 0 radical (unpaired) electrons. The highest BCUT2D eigenvalue weighted by molar-refractivity contribution is 5.96. The van der Waals surface area contributed by atoms with Crippen molar-refractivity contribution in [1.82, 2.24) is 14.8 Å². The second kappa shape index (κ2) is 7.31. The molecule has 1 aromatic heterocycles. The number of nitrogens with zero attached hydrogens (tertiary/aromatic N) is 4. The van der Waals surface area contributed by atoms with Crippen molar-refractivity contribution in [2.24, 2.45) is 0 Å². The van der Waals surface area contributed by atoms with Gasteiger partial charge in [0.05, 0.1) is 30.4 Å². The number of carbonyl (C=O) groups is 2. The largest absolute Gasteiger partial charge is 0.340 e. The molecule has 3 heterocycles. The van der Waals surface area contributed by atoms with Crippen LogP contribution in [0.15, 0.2) is 48.8 Å². The molecule has 1 spiro atoms. The van der Waals surface area contributed by atoms with Gasteiger partial charge in [0.2, 0.25) is 11.8 Å². The molecule has 7 heteroatoms. The number of aromatic nitrogens is 1. The van der Waals surface area contributed by atoms with Gasteiger partial charge in [-0.15, -0.1) is 0 Å². The van der Waals surface area contributed by atoms with Crippen LogP contribution in [0.5, 0.6) is 0 Å². The van der Waals surface area contributed by atoms with Crippen molar-refractivity contribution in [3.8, 4) is 0 Å². The summed E-state index contributed by atoms with van der Waals surface area (Å²) in [5.74, 6) is -0.313. The summed E-state index contributed by atoms with van der Waals surface area (Å²) in [4.78, 5) is 35.1. The molecule has 6 nitrogen and oxygen atoms in total. The van der Waals surface area contributed by atoms with Crippen molar-refractivity contribution in [2.45, 2.75) is 18.4 Å². The van der Waals surface area contributed by atoms with Crippen LogP contribution in [0, 0.1) is 5.82 Å². The van der Waals surface area contributed by atoms with E-state index in [0.717, 1.165) is 12.1 Å². The van der Waals surface area contributed by atoms with Crippen molar-refractivity contribution in [2.75, 3.05) is 38.1 Å². The standard InChI is InChI=1S/C21H23FN4O2/c1-24-13-20(28)26(18-6-3-8-23-12-18)15-21(24)7-9-25(14-21)19(27)11-16-4-2-5-17(22)10-16/h2-6,8,10,12H,7,9,11,13-15H2,1H3. The van der Waals surface area contributed by atoms with Gasteiger partial charge in [-0.3, -0.25) is 19.5 Å². The number of likely N-dealkylation sites (N-methyl/N-ethyl adjacent to an activating group) is 1. The van der Waals surface area contributed by atoms with Gasteiger partial charge in [0.25, 0.3) is 0 Å². The molecular formula is C21H23FN4O2. The number of halogens is 1. The SMILES string of the molecule is CN1CC(=O)N(c2cccnc2)CC12CCN(C(=O)Cc1cccc(F)c1)C2. The van der Waals surface area contributed by atoms with Crippen LogP contribution in [0.2, 0.25) is 0 Å². The van der Waals surface area contributed by atoms with Crippen LogP contribution in [0.3, 0.4) is 0 Å². The van der Waals surface area contributed by atoms with Crippen LogP contribution < -0.4 is 4.90 Å². The van der Waals surface area contributed by atoms with E-state index in [0.29, 0.717) is 31.7 Å². The number of benzene rings is 1. The van der Waals surface area contributed by atoms with E-state index in [2.05, 4.69) is 9.88 Å². The molecule has 0 N–H and O–H groups in total. The van der Waals surface area contributed by atoms with E-state index in [1.165, 1.54) is 12.1 Å². The fraction of sp³-hybridized carbons (Fsp3) is 0.381. The first-order valence-electron chi connectivity index (χ1n) is 9.41. The molecule has 1 unspecified atom stereocenters. The van der Waals surface area contributed by atoms with Gasteiger partial charge in [-0.25, -0.2) is 4.39 Å². The highest BCUT2D eigenvalue weighted by Gasteiger charge is 2.48. The zero-order valence-electron chi connectivity index (χ0n) is 15.8. The molecule has 2 aromatic rings. The molecule has 2 saturated heterocycles. The van der Waals surface area contributed by atoms with Crippen LogP contribution in [-0.4, -0.2) is 65.4 Å². The Labute approximate surface area is 163 Å². The fourth-order valence-corrected chi connectivity index (χ4v) is 4.15. The molecule has 146 valence electrons. The predicted octanol–water partition coefficient (Wildman–Crippen LogP) is 1.71. The van der Waals surface area contributed by atoms with E-state index >= 15 is 0 Å². The third-order valence-corrected chi connectivity index (χ3v) is 5.82. The van der Waals surface area contributed by atoms with E-state index in [1.54, 1.807) is 29.4 Å². The minimum Gasteiger partial charge on any atom is -0.340 e. The van der Waals surface area contributed by atoms with E-state index in [4.69, 9.17) is 0 Å². The molecule has 2 amide bonds. The van der Waals surface area contributed by atoms with Crippen molar-refractivity contribution < 1.29 is 14.0 Å². The Morgan fingerprint density at radius 2 is 2.11 bits per heavy atom. The van der Waals surface area contributed by atoms with Gasteiger partial charge in [0.1, 0.15) is 5.82 Å². The van der Waals surface area contributed by atoms with E-state index in [9.17, 15) is 14.0 Å². The molecule has 2 aliphatic rings. The summed E-state index contributed by atoms with van der Waals surface area (Å²) in [5, 5.41) is 0. The third kappa shape index (κ3) is 3.49. The Morgan fingerprint density at radius 1 is 1.25 bits per heavy atom. The Kier molecular flexibility index (Phi) is 4.85. The van der Waals surface area contributed by atoms with Gasteiger partial charge in [0.15, 0.2) is 0 Å². The minimum absolute atomic E-state index is 0.0132. The molecule has 28 heavy (non-hydrogen) atoms. The summed E-state index contributed by atoms with van der Waals surface area (Å²) < 4.78 is 13.4. The van der Waals surface area contributed by atoms with Crippen LogP contribution in [-0.2, 0) is 16.0 Å². The highest BCUT2D eigenvalue weighted by Crippen LogP contribution is 2.33. The first kappa shape index (κ1) is 18.6. The number of anilines is 1. The maximum Gasteiger partial charge on any atom is 0.241 e. The number of pyridine rings is 1. The van der Waals surface area contributed by atoms with Gasteiger partial charge in [-0.2, -0.15) is 0 Å². The zero-order chi connectivity index (χ0) is 19.7. The fourth-order valence-electron chi connectivity index (χ4n) is 4.15. The van der Waals surface area contributed by atoms with Gasteiger partial charge in [0, 0.05) is 25.8 Å². The smallest absolute Gasteiger partial charge is 0.241 e. The highest BCUT2D eigenvalue weighted by atomic mass is 19.1. The topological polar surface area (TPSA) is 56.8 Å². The van der Waals surface area contributed by atoms with Crippen LogP contribution in [0.25, 0.3) is 0 Å². The maximum atomic E-state index is 13.4. The van der Waals surface area contributed by atoms with Gasteiger partial charge >= 0.3 is 0 Å². The summed E-state index contributed by atoms with van der Waals surface area (Å²) in [6.07, 6.45) is 4.35. The average molecular weight is 382 g/mol. The lowest BCUT2D eigenvalue weighted by Gasteiger charge is -2.46. The lowest BCUT2D eigenvalue weighted by molar-refractivity contribution is -0.130. The first-order valence-corrected chi connectivity index (χ1v) is 9.41. The van der Waals surface area contributed by atoms with Crippen LogP contribution in [0.1, 0.15) is 12.0 Å². The summed E-state index contributed by atoms with van der Waals surface area (Å²) in [7, 11) is 1.94. The summed E-state index contributed by atoms with van der Waals surface area (Å²) in [6, 6.07) is 9.86. The molecule has 1 atom stereocenters. The third-order valence-electron chi connectivity index (χ3n) is 5.82. The number of piperazine rings is 1. The minimum atomic E-state index is -0.333. The van der Waals surface area contributed by atoms with Crippen molar-refractivity contribution >= 4 is 17.5 Å². The maximum absolute atomic E-state index is 13.4. The Morgan fingerprint density at radius 3 is 2.86 bits per heavy atom. The normalized spacial score (nSPS) is 22.9. The summed E-state index contributed by atoms with van der Waals surface area (Å²) in [5.41, 5.74) is 1.18. The molecule has 0 bridgehead atoms. The van der Waals surface area contributed by atoms with Gasteiger partial charge < -0.3 is 9.80 Å². The van der Waals surface area contributed by atoms with Crippen LogP contribution in [0.4, 0.5) is 10.1 Å². The molecule has 4 rings (SSSR count). The van der Waals surface area contributed by atoms with Crippen molar-refractivity contribution in [1.29, 1.82) is 0 Å². The lowest BCUT2D eigenvalue weighted by Crippen LogP contribution is -2.64. The Balaban J connectivity index is 1.49. The first-order chi connectivity index (χ1) is 13.5. The van der Waals surface area contributed by atoms with E-state index in [1.807, 2.05) is 24.1 Å². The summed E-state index contributed by atoms with van der Waals surface area (Å²) in [6.45, 7) is 2.02. The quantitative estimate of drug-likeness (QED) is 0.811. The zero-order valence-corrected chi connectivity index (χ0v) is 15.8. The molecule has 1 aromatic carbocycles. The molecule has 2 fully saturated rings. The molecule has 2 aliphatic heterocycles. The molecule has 0 aliphatic carbocycles. The van der Waals surface area contributed by atoms with Gasteiger partial charge in [-0.05, 0) is 43.3 Å². The van der Waals surface area contributed by atoms with E-state index < -0.39 is 0 Å². The van der Waals surface area contributed by atoms with Crippen molar-refractivity contribution in [3.05, 3.63) is 60.2 Å². The molecular weight excluding hydrogens is 359 g/mol. The van der Waals surface area contributed by atoms with Crippen molar-refractivity contribution in [3.63, 3.8) is 0 Å². The monoisotopic (exact) mass is 382 g/mol. The molecule has 0 saturated carbocycles. The number of hydrogen-bond donors (Lipinski definition) is 0. The predicted molar refractivity (Wildman–Crippen MR) is 103 cm³/mol. The summed E-state index contributed by atoms with van der Waals surface area (Å²) >= 11 is 0. The lowest BCUT2D eigenvalue weighted by atomic mass is 9.92. The average Bonchev–Trinajstić information content (AvgIpc) is 3.11. The number of carbonyl (C=O) groups excluding carboxylic acids is 2. The number of likely N-dealkylation sites (tertiary alicyclic amines) is 1. The second-order valence-electron chi connectivity index (χ2n) is 7.64.